The van der Waals surface area contributed by atoms with Gasteiger partial charge < -0.3 is 19.5 Å². The number of carbonyl (C=O) groups is 1. The highest BCUT2D eigenvalue weighted by Crippen LogP contribution is 2.23. The average molecular weight is 329 g/mol. The van der Waals surface area contributed by atoms with Gasteiger partial charge in [0, 0.05) is 45.7 Å². The molecule has 3 heterocycles. The lowest BCUT2D eigenvalue weighted by Gasteiger charge is -2.36. The Morgan fingerprint density at radius 1 is 1.50 bits per heavy atom. The second-order valence-electron chi connectivity index (χ2n) is 5.90. The fraction of sp³-hybridized carbons (Fsp3) is 0.733. The Kier molecular flexibility index (Phi) is 6.23. The van der Waals surface area contributed by atoms with Gasteiger partial charge in [0.05, 0.1) is 12.5 Å². The normalized spacial score (nSPS) is 25.6. The van der Waals surface area contributed by atoms with Crippen molar-refractivity contribution in [3.63, 3.8) is 0 Å². The Morgan fingerprint density at radius 2 is 2.36 bits per heavy atom. The van der Waals surface area contributed by atoms with Crippen molar-refractivity contribution in [3.05, 3.63) is 18.2 Å². The molecule has 1 aromatic rings. The second-order valence-corrected chi connectivity index (χ2v) is 5.90. The predicted octanol–water partition coefficient (Wildman–Crippen LogP) is 1.27. The highest BCUT2D eigenvalue weighted by Gasteiger charge is 2.31. The molecular formula is C15H25ClN4O2. The van der Waals surface area contributed by atoms with Gasteiger partial charge in [-0.1, -0.05) is 0 Å². The molecule has 7 heteroatoms. The fourth-order valence-electron chi connectivity index (χ4n) is 3.21. The number of rotatable bonds is 3. The molecule has 22 heavy (non-hydrogen) atoms. The molecule has 6 nitrogen and oxygen atoms in total. The van der Waals surface area contributed by atoms with Crippen LogP contribution in [0.25, 0.3) is 0 Å². The summed E-state index contributed by atoms with van der Waals surface area (Å²) in [7, 11) is 1.98. The number of halogens is 1. The van der Waals surface area contributed by atoms with Crippen LogP contribution in [0.4, 0.5) is 0 Å². The number of hydrogen-bond donors (Lipinski definition) is 1. The lowest BCUT2D eigenvalue weighted by molar-refractivity contribution is -0.138. The van der Waals surface area contributed by atoms with Crippen LogP contribution >= 0.6 is 12.4 Å². The molecule has 0 aromatic carbocycles. The van der Waals surface area contributed by atoms with Crippen molar-refractivity contribution in [1.29, 1.82) is 0 Å². The number of piperazine rings is 1. The van der Waals surface area contributed by atoms with Crippen LogP contribution in [0.2, 0.25) is 0 Å². The van der Waals surface area contributed by atoms with E-state index in [2.05, 4.69) is 10.3 Å². The summed E-state index contributed by atoms with van der Waals surface area (Å²) in [5, 5.41) is 3.36. The van der Waals surface area contributed by atoms with Crippen molar-refractivity contribution in [2.75, 3.05) is 26.2 Å². The van der Waals surface area contributed by atoms with E-state index in [1.54, 1.807) is 6.20 Å². The first kappa shape index (κ1) is 17.2. The Hall–Kier alpha value is -1.11. The molecule has 2 atom stereocenters. The molecule has 124 valence electrons. The summed E-state index contributed by atoms with van der Waals surface area (Å²) in [5.41, 5.74) is 0. The molecule has 2 aliphatic rings. The zero-order chi connectivity index (χ0) is 14.7. The quantitative estimate of drug-likeness (QED) is 0.908. The lowest BCUT2D eigenvalue weighted by Crippen LogP contribution is -2.50. The first-order chi connectivity index (χ1) is 10.3. The zero-order valence-electron chi connectivity index (χ0n) is 13.0. The van der Waals surface area contributed by atoms with Crippen molar-refractivity contribution in [2.45, 2.75) is 37.8 Å². The number of imidazole rings is 1. The van der Waals surface area contributed by atoms with E-state index in [0.717, 1.165) is 44.9 Å². The number of nitrogens with zero attached hydrogens (tertiary/aromatic N) is 3. The number of carbonyl (C=O) groups excluding carboxylic acids is 1. The molecular weight excluding hydrogens is 304 g/mol. The van der Waals surface area contributed by atoms with Crippen LogP contribution in [-0.2, 0) is 16.6 Å². The number of aromatic nitrogens is 2. The Labute approximate surface area is 137 Å². The number of ether oxygens (including phenoxy) is 1. The monoisotopic (exact) mass is 328 g/mol. The SMILES string of the molecule is Cl.Cn1ccnc1C1CNCCN1C(=O)CC1CCCCO1. The van der Waals surface area contributed by atoms with Gasteiger partial charge in [-0.05, 0) is 19.3 Å². The van der Waals surface area contributed by atoms with Crippen LogP contribution in [0, 0.1) is 0 Å². The molecule has 1 amide bonds. The molecule has 0 spiro atoms. The molecule has 2 saturated heterocycles. The van der Waals surface area contributed by atoms with Crippen LogP contribution in [0.3, 0.4) is 0 Å². The van der Waals surface area contributed by atoms with E-state index in [9.17, 15) is 4.79 Å². The topological polar surface area (TPSA) is 59.4 Å². The number of nitrogens with one attached hydrogen (secondary N) is 1. The maximum atomic E-state index is 12.7. The van der Waals surface area contributed by atoms with Crippen LogP contribution < -0.4 is 5.32 Å². The largest absolute Gasteiger partial charge is 0.378 e. The smallest absolute Gasteiger partial charge is 0.225 e. The van der Waals surface area contributed by atoms with Gasteiger partial charge in [0.15, 0.2) is 0 Å². The summed E-state index contributed by atoms with van der Waals surface area (Å²) in [6, 6.07) is 0.0230. The summed E-state index contributed by atoms with van der Waals surface area (Å²) < 4.78 is 7.70. The predicted molar refractivity (Wildman–Crippen MR) is 86.0 cm³/mol. The fourth-order valence-corrected chi connectivity index (χ4v) is 3.21. The van der Waals surface area contributed by atoms with Gasteiger partial charge >= 0.3 is 0 Å². The number of aryl methyl sites for hydroxylation is 1. The summed E-state index contributed by atoms with van der Waals surface area (Å²) in [4.78, 5) is 19.1. The van der Waals surface area contributed by atoms with Crippen molar-refractivity contribution in [3.8, 4) is 0 Å². The maximum Gasteiger partial charge on any atom is 0.225 e. The number of hydrogen-bond acceptors (Lipinski definition) is 4. The van der Waals surface area contributed by atoms with E-state index in [1.165, 1.54) is 6.42 Å². The minimum atomic E-state index is 0. The van der Waals surface area contributed by atoms with E-state index < -0.39 is 0 Å². The third-order valence-corrected chi connectivity index (χ3v) is 4.40. The Bertz CT molecular complexity index is 488. The van der Waals surface area contributed by atoms with Crippen molar-refractivity contribution >= 4 is 18.3 Å². The van der Waals surface area contributed by atoms with Crippen molar-refractivity contribution < 1.29 is 9.53 Å². The molecule has 0 saturated carbocycles. The average Bonchev–Trinajstić information content (AvgIpc) is 2.94. The molecule has 2 unspecified atom stereocenters. The van der Waals surface area contributed by atoms with Gasteiger partial charge in [0.25, 0.3) is 0 Å². The van der Waals surface area contributed by atoms with Gasteiger partial charge in [-0.25, -0.2) is 4.98 Å². The van der Waals surface area contributed by atoms with Crippen LogP contribution in [0.15, 0.2) is 12.4 Å². The van der Waals surface area contributed by atoms with Gasteiger partial charge in [0.1, 0.15) is 11.9 Å². The highest BCUT2D eigenvalue weighted by atomic mass is 35.5. The minimum absolute atomic E-state index is 0. The molecule has 2 fully saturated rings. The third kappa shape index (κ3) is 3.80. The first-order valence-electron chi connectivity index (χ1n) is 7.84. The summed E-state index contributed by atoms with van der Waals surface area (Å²) in [6.45, 7) is 3.14. The van der Waals surface area contributed by atoms with Gasteiger partial charge in [-0.3, -0.25) is 4.79 Å². The first-order valence-corrected chi connectivity index (χ1v) is 7.84. The van der Waals surface area contributed by atoms with Crippen molar-refractivity contribution in [2.24, 2.45) is 7.05 Å². The zero-order valence-corrected chi connectivity index (χ0v) is 13.8. The Balaban J connectivity index is 0.00000176. The summed E-state index contributed by atoms with van der Waals surface area (Å²) in [6.07, 6.45) is 7.61. The van der Waals surface area contributed by atoms with Gasteiger partial charge in [0.2, 0.25) is 5.91 Å². The molecule has 2 aliphatic heterocycles. The van der Waals surface area contributed by atoms with E-state index in [-0.39, 0.29) is 30.5 Å². The third-order valence-electron chi connectivity index (χ3n) is 4.40. The lowest BCUT2D eigenvalue weighted by atomic mass is 10.0. The van der Waals surface area contributed by atoms with Crippen LogP contribution in [-0.4, -0.2) is 52.7 Å². The summed E-state index contributed by atoms with van der Waals surface area (Å²) in [5.74, 6) is 1.14. The molecule has 0 aliphatic carbocycles. The minimum Gasteiger partial charge on any atom is -0.378 e. The van der Waals surface area contributed by atoms with E-state index in [1.807, 2.05) is 22.7 Å². The molecule has 0 radical (unpaired) electrons. The standard InChI is InChI=1S/C15H24N4O2.ClH/c1-18-7-6-17-15(18)13-11-16-5-8-19(13)14(20)10-12-4-2-3-9-21-12;/h6-7,12-13,16H,2-5,8-11H2,1H3;1H. The Morgan fingerprint density at radius 3 is 3.05 bits per heavy atom. The molecule has 0 bridgehead atoms. The second kappa shape index (κ2) is 7.94. The van der Waals surface area contributed by atoms with Crippen LogP contribution in [0.1, 0.15) is 37.5 Å². The maximum absolute atomic E-state index is 12.7. The van der Waals surface area contributed by atoms with Crippen LogP contribution in [0.5, 0.6) is 0 Å². The van der Waals surface area contributed by atoms with Gasteiger partial charge in [-0.2, -0.15) is 0 Å². The molecule has 1 aromatic heterocycles. The van der Waals surface area contributed by atoms with Gasteiger partial charge in [-0.15, -0.1) is 12.4 Å². The highest BCUT2D eigenvalue weighted by molar-refractivity contribution is 5.85. The molecule has 3 rings (SSSR count). The van der Waals surface area contributed by atoms with E-state index in [4.69, 9.17) is 4.74 Å². The molecule has 1 N–H and O–H groups in total. The number of amides is 1. The van der Waals surface area contributed by atoms with E-state index in [0.29, 0.717) is 6.42 Å². The van der Waals surface area contributed by atoms with Crippen molar-refractivity contribution in [1.82, 2.24) is 19.8 Å². The van der Waals surface area contributed by atoms with E-state index >= 15 is 0 Å². The summed E-state index contributed by atoms with van der Waals surface area (Å²) >= 11 is 0.